The van der Waals surface area contributed by atoms with Gasteiger partial charge in [-0.05, 0) is 29.3 Å². The second-order valence-electron chi connectivity index (χ2n) is 4.47. The number of nitrogens with two attached hydrogens (primary N) is 1. The monoisotopic (exact) mass is 255 g/mol. The number of halogens is 1. The van der Waals surface area contributed by atoms with Crippen LogP contribution in [-0.2, 0) is 13.0 Å². The summed E-state index contributed by atoms with van der Waals surface area (Å²) in [7, 11) is 0. The Bertz CT molecular complexity index is 701. The Morgan fingerprint density at radius 1 is 1.16 bits per heavy atom. The van der Waals surface area contributed by atoms with Gasteiger partial charge >= 0.3 is 0 Å². The van der Waals surface area contributed by atoms with Crippen molar-refractivity contribution in [1.29, 1.82) is 0 Å². The maximum absolute atomic E-state index is 12.9. The molecule has 0 fully saturated rings. The third-order valence-corrected chi connectivity index (χ3v) is 3.23. The highest BCUT2D eigenvalue weighted by atomic mass is 19.1. The van der Waals surface area contributed by atoms with E-state index < -0.39 is 0 Å². The van der Waals surface area contributed by atoms with Crippen LogP contribution in [0.4, 0.5) is 4.39 Å². The summed E-state index contributed by atoms with van der Waals surface area (Å²) in [5, 5.41) is 0. The van der Waals surface area contributed by atoms with Crippen molar-refractivity contribution in [2.45, 2.75) is 13.0 Å². The lowest BCUT2D eigenvalue weighted by molar-refractivity contribution is 0.627. The van der Waals surface area contributed by atoms with E-state index in [-0.39, 0.29) is 5.82 Å². The predicted octanol–water partition coefficient (Wildman–Crippen LogP) is 2.52. The smallest absolute Gasteiger partial charge is 0.123 e. The molecule has 0 saturated heterocycles. The van der Waals surface area contributed by atoms with Gasteiger partial charge in [0.15, 0.2) is 0 Å². The van der Waals surface area contributed by atoms with Crippen molar-refractivity contribution in [2.75, 3.05) is 0 Å². The highest BCUT2D eigenvalue weighted by molar-refractivity contribution is 5.54. The summed E-state index contributed by atoms with van der Waals surface area (Å²) in [5.41, 5.74) is 8.85. The first kappa shape index (κ1) is 11.9. The van der Waals surface area contributed by atoms with Crippen molar-refractivity contribution in [3.8, 4) is 0 Å². The number of imidazole rings is 1. The van der Waals surface area contributed by atoms with Gasteiger partial charge in [-0.3, -0.25) is 0 Å². The average Bonchev–Trinajstić information content (AvgIpc) is 2.84. The van der Waals surface area contributed by atoms with Crippen LogP contribution in [-0.4, -0.2) is 9.38 Å². The molecule has 0 unspecified atom stereocenters. The molecule has 0 saturated carbocycles. The van der Waals surface area contributed by atoms with Gasteiger partial charge in [-0.1, -0.05) is 18.2 Å². The van der Waals surface area contributed by atoms with Gasteiger partial charge in [-0.2, -0.15) is 0 Å². The maximum Gasteiger partial charge on any atom is 0.123 e. The van der Waals surface area contributed by atoms with Gasteiger partial charge in [0.2, 0.25) is 0 Å². The molecule has 96 valence electrons. The number of hydrogen-bond donors (Lipinski definition) is 1. The molecule has 4 heteroatoms. The highest BCUT2D eigenvalue weighted by Crippen LogP contribution is 2.15. The molecule has 0 spiro atoms. The lowest BCUT2D eigenvalue weighted by Crippen LogP contribution is -2.01. The molecule has 3 aromatic rings. The van der Waals surface area contributed by atoms with Crippen molar-refractivity contribution in [3.63, 3.8) is 0 Å². The van der Waals surface area contributed by atoms with Gasteiger partial charge in [-0.25, -0.2) is 9.37 Å². The molecule has 1 aromatic carbocycles. The van der Waals surface area contributed by atoms with E-state index in [1.54, 1.807) is 12.1 Å². The van der Waals surface area contributed by atoms with E-state index >= 15 is 0 Å². The Morgan fingerprint density at radius 2 is 1.95 bits per heavy atom. The fourth-order valence-corrected chi connectivity index (χ4v) is 2.22. The second kappa shape index (κ2) is 4.82. The lowest BCUT2D eigenvalue weighted by atomic mass is 10.1. The van der Waals surface area contributed by atoms with Crippen molar-refractivity contribution in [3.05, 3.63) is 71.6 Å². The summed E-state index contributed by atoms with van der Waals surface area (Å²) in [6.45, 7) is 0.492. The fraction of sp³-hybridized carbons (Fsp3) is 0.133. The zero-order valence-corrected chi connectivity index (χ0v) is 10.4. The number of rotatable bonds is 3. The minimum Gasteiger partial charge on any atom is -0.326 e. The molecular weight excluding hydrogens is 241 g/mol. The van der Waals surface area contributed by atoms with E-state index in [2.05, 4.69) is 4.98 Å². The molecule has 0 aliphatic heterocycles. The van der Waals surface area contributed by atoms with Gasteiger partial charge in [0.25, 0.3) is 0 Å². The van der Waals surface area contributed by atoms with Crippen LogP contribution in [0.5, 0.6) is 0 Å². The summed E-state index contributed by atoms with van der Waals surface area (Å²) in [6, 6.07) is 10.5. The summed E-state index contributed by atoms with van der Waals surface area (Å²) >= 11 is 0. The van der Waals surface area contributed by atoms with Gasteiger partial charge in [0.1, 0.15) is 11.6 Å². The van der Waals surface area contributed by atoms with Gasteiger partial charge in [0.05, 0.1) is 11.7 Å². The largest absolute Gasteiger partial charge is 0.326 e. The van der Waals surface area contributed by atoms with Crippen molar-refractivity contribution < 1.29 is 4.39 Å². The lowest BCUT2D eigenvalue weighted by Gasteiger charge is -2.04. The first-order chi connectivity index (χ1) is 9.28. The summed E-state index contributed by atoms with van der Waals surface area (Å²) in [4.78, 5) is 4.44. The molecule has 2 N–H and O–H groups in total. The second-order valence-corrected chi connectivity index (χ2v) is 4.47. The van der Waals surface area contributed by atoms with Gasteiger partial charge in [0, 0.05) is 19.2 Å². The fourth-order valence-electron chi connectivity index (χ4n) is 2.22. The normalized spacial score (nSPS) is 11.1. The number of fused-ring (bicyclic) bond motifs is 1. The molecule has 3 nitrogen and oxygen atoms in total. The molecule has 3 rings (SSSR count). The van der Waals surface area contributed by atoms with E-state index in [0.29, 0.717) is 13.0 Å². The number of pyridine rings is 1. The van der Waals surface area contributed by atoms with E-state index in [4.69, 9.17) is 5.73 Å². The van der Waals surface area contributed by atoms with Crippen LogP contribution in [0, 0.1) is 5.82 Å². The minimum atomic E-state index is -0.220. The molecule has 0 aliphatic carbocycles. The quantitative estimate of drug-likeness (QED) is 0.781. The zero-order chi connectivity index (χ0) is 13.2. The molecular formula is C15H14FN3. The molecule has 0 bridgehead atoms. The number of nitrogens with zero attached hydrogens (tertiary/aromatic N) is 2. The van der Waals surface area contributed by atoms with E-state index in [0.717, 1.165) is 22.5 Å². The Balaban J connectivity index is 1.99. The predicted molar refractivity (Wildman–Crippen MR) is 72.3 cm³/mol. The average molecular weight is 255 g/mol. The maximum atomic E-state index is 12.9. The van der Waals surface area contributed by atoms with Crippen LogP contribution in [0.15, 0.2) is 48.8 Å². The van der Waals surface area contributed by atoms with Crippen LogP contribution in [0.25, 0.3) is 5.52 Å². The van der Waals surface area contributed by atoms with Crippen LogP contribution >= 0.6 is 0 Å². The summed E-state index contributed by atoms with van der Waals surface area (Å²) in [6.07, 6.45) is 4.48. The van der Waals surface area contributed by atoms with E-state index in [1.165, 1.54) is 12.1 Å². The van der Waals surface area contributed by atoms with Crippen LogP contribution in [0.1, 0.15) is 17.0 Å². The minimum absolute atomic E-state index is 0.220. The first-order valence-corrected chi connectivity index (χ1v) is 6.16. The molecule has 0 radical (unpaired) electrons. The Kier molecular flexibility index (Phi) is 3.01. The Morgan fingerprint density at radius 3 is 2.68 bits per heavy atom. The third-order valence-electron chi connectivity index (χ3n) is 3.23. The molecule has 2 aromatic heterocycles. The summed E-state index contributed by atoms with van der Waals surface area (Å²) in [5.74, 6) is 0.707. The molecule has 2 heterocycles. The topological polar surface area (TPSA) is 43.3 Å². The third kappa shape index (κ3) is 2.22. The zero-order valence-electron chi connectivity index (χ0n) is 10.4. The van der Waals surface area contributed by atoms with Gasteiger partial charge < -0.3 is 10.1 Å². The molecule has 0 aliphatic rings. The number of hydrogen-bond acceptors (Lipinski definition) is 2. The van der Waals surface area contributed by atoms with Crippen LogP contribution in [0.2, 0.25) is 0 Å². The number of benzene rings is 1. The van der Waals surface area contributed by atoms with Crippen molar-refractivity contribution in [2.24, 2.45) is 5.73 Å². The van der Waals surface area contributed by atoms with Crippen LogP contribution in [0.3, 0.4) is 0 Å². The van der Waals surface area contributed by atoms with Gasteiger partial charge in [-0.15, -0.1) is 0 Å². The van der Waals surface area contributed by atoms with Crippen LogP contribution < -0.4 is 5.73 Å². The number of aromatic nitrogens is 2. The van der Waals surface area contributed by atoms with E-state index in [9.17, 15) is 4.39 Å². The standard InChI is InChI=1S/C15H14FN3/c16-13-5-3-11(4-6-13)8-15-18-10-14-12(9-17)2-1-7-19(14)15/h1-7,10H,8-9,17H2. The molecule has 0 amide bonds. The molecule has 0 atom stereocenters. The summed E-state index contributed by atoms with van der Waals surface area (Å²) < 4.78 is 14.9. The Labute approximate surface area is 110 Å². The highest BCUT2D eigenvalue weighted by Gasteiger charge is 2.07. The Hall–Kier alpha value is -2.20. The van der Waals surface area contributed by atoms with Crippen molar-refractivity contribution in [1.82, 2.24) is 9.38 Å². The first-order valence-electron chi connectivity index (χ1n) is 6.16. The SMILES string of the molecule is NCc1cccn2c(Cc3ccc(F)cc3)ncc12. The van der Waals surface area contributed by atoms with E-state index in [1.807, 2.05) is 28.9 Å². The molecule has 19 heavy (non-hydrogen) atoms. The van der Waals surface area contributed by atoms with Crippen molar-refractivity contribution >= 4 is 5.52 Å².